The molecule has 3 aromatic carbocycles. The van der Waals surface area contributed by atoms with E-state index < -0.39 is 0 Å². The highest BCUT2D eigenvalue weighted by molar-refractivity contribution is 6.01. The fraction of sp³-hybridized carbons (Fsp3) is 0.281. The number of nitrogens with zero attached hydrogens (tertiary/aromatic N) is 2. The van der Waals surface area contributed by atoms with Gasteiger partial charge in [-0.15, -0.1) is 0 Å². The largest absolute Gasteiger partial charge is 0.493 e. The van der Waals surface area contributed by atoms with Gasteiger partial charge < -0.3 is 19.0 Å². The number of rotatable bonds is 6. The average molecular weight is 495 g/mol. The molecule has 0 aliphatic carbocycles. The quantitative estimate of drug-likeness (QED) is 0.275. The second-order valence-corrected chi connectivity index (χ2v) is 9.68. The van der Waals surface area contributed by atoms with Crippen LogP contribution in [0.4, 0.5) is 5.69 Å². The number of ether oxygens (including phenoxy) is 1. The molecule has 0 atom stereocenters. The molecule has 1 amide bonds. The number of anilines is 1. The molecule has 5 rings (SSSR count). The molecule has 1 aliphatic rings. The molecule has 190 valence electrons. The van der Waals surface area contributed by atoms with Gasteiger partial charge in [0.2, 0.25) is 5.91 Å². The number of allylic oxidation sites excluding steroid dienone is 1. The molecular formula is C32H34N2O3. The van der Waals surface area contributed by atoms with Crippen molar-refractivity contribution in [3.05, 3.63) is 89.7 Å². The standard InChI is InChI=1S/C32H34N2O3/c1-5-36-31-24(4)32-28(29(21-37-32)25-13-11-22(2)12-14-25)20-27(31)23(3)19-30(35)34-17-15-33(16-18-34)26-9-7-6-8-10-26/h6-14,19-21H,5,15-18H2,1-4H3/b23-19+. The summed E-state index contributed by atoms with van der Waals surface area (Å²) < 4.78 is 12.1. The summed E-state index contributed by atoms with van der Waals surface area (Å²) in [4.78, 5) is 17.5. The maximum Gasteiger partial charge on any atom is 0.246 e. The number of hydrogen-bond donors (Lipinski definition) is 0. The van der Waals surface area contributed by atoms with E-state index in [0.717, 1.165) is 57.6 Å². The first kappa shape index (κ1) is 24.7. The van der Waals surface area contributed by atoms with Crippen LogP contribution in [0.3, 0.4) is 0 Å². The van der Waals surface area contributed by atoms with E-state index in [4.69, 9.17) is 9.15 Å². The summed E-state index contributed by atoms with van der Waals surface area (Å²) in [7, 11) is 0. The Bertz CT molecular complexity index is 1430. The first-order valence-corrected chi connectivity index (χ1v) is 13.0. The second kappa shape index (κ2) is 10.6. The average Bonchev–Trinajstić information content (AvgIpc) is 3.35. The van der Waals surface area contributed by atoms with Gasteiger partial charge in [0.1, 0.15) is 11.3 Å². The number of furan rings is 1. The van der Waals surface area contributed by atoms with Gasteiger partial charge in [-0.1, -0.05) is 48.0 Å². The third kappa shape index (κ3) is 4.99. The lowest BCUT2D eigenvalue weighted by Crippen LogP contribution is -2.48. The summed E-state index contributed by atoms with van der Waals surface area (Å²) in [6, 6.07) is 20.9. The molecule has 0 saturated carbocycles. The monoisotopic (exact) mass is 494 g/mol. The molecule has 4 aromatic rings. The first-order valence-electron chi connectivity index (χ1n) is 13.0. The Balaban J connectivity index is 1.44. The lowest BCUT2D eigenvalue weighted by atomic mass is 9.96. The maximum atomic E-state index is 13.3. The molecule has 0 radical (unpaired) electrons. The lowest BCUT2D eigenvalue weighted by Gasteiger charge is -2.35. The van der Waals surface area contributed by atoms with Crippen LogP contribution in [-0.4, -0.2) is 43.6 Å². The fourth-order valence-electron chi connectivity index (χ4n) is 5.07. The van der Waals surface area contributed by atoms with Crippen molar-refractivity contribution in [2.45, 2.75) is 27.7 Å². The molecule has 0 bridgehead atoms. The maximum absolute atomic E-state index is 13.3. The van der Waals surface area contributed by atoms with Crippen molar-refractivity contribution in [1.29, 1.82) is 0 Å². The SMILES string of the molecule is CCOc1c(/C(C)=C/C(=O)N2CCN(c3ccccc3)CC2)cc2c(-c3ccc(C)cc3)coc2c1C. The molecule has 37 heavy (non-hydrogen) atoms. The van der Waals surface area contributed by atoms with Crippen LogP contribution in [0.5, 0.6) is 5.75 Å². The predicted molar refractivity (Wildman–Crippen MR) is 151 cm³/mol. The van der Waals surface area contributed by atoms with Gasteiger partial charge in [-0.2, -0.15) is 0 Å². The van der Waals surface area contributed by atoms with Crippen LogP contribution in [0.15, 0.2) is 77.4 Å². The van der Waals surface area contributed by atoms with E-state index in [1.807, 2.05) is 38.0 Å². The summed E-state index contributed by atoms with van der Waals surface area (Å²) in [5, 5.41) is 1.02. The molecule has 1 aliphatic heterocycles. The summed E-state index contributed by atoms with van der Waals surface area (Å²) in [5.41, 5.74) is 8.15. The summed E-state index contributed by atoms with van der Waals surface area (Å²) in [6.45, 7) is 11.7. The molecular weight excluding hydrogens is 460 g/mol. The smallest absolute Gasteiger partial charge is 0.246 e. The number of aryl methyl sites for hydroxylation is 2. The van der Waals surface area contributed by atoms with Crippen LogP contribution in [0, 0.1) is 13.8 Å². The zero-order valence-corrected chi connectivity index (χ0v) is 22.1. The van der Waals surface area contributed by atoms with Crippen LogP contribution in [0.1, 0.15) is 30.5 Å². The molecule has 0 unspecified atom stereocenters. The topological polar surface area (TPSA) is 45.9 Å². The van der Waals surface area contributed by atoms with Gasteiger partial charge in [0.25, 0.3) is 0 Å². The van der Waals surface area contributed by atoms with E-state index in [1.165, 1.54) is 11.3 Å². The fourth-order valence-corrected chi connectivity index (χ4v) is 5.07. The van der Waals surface area contributed by atoms with Crippen molar-refractivity contribution in [1.82, 2.24) is 4.90 Å². The van der Waals surface area contributed by atoms with E-state index in [9.17, 15) is 4.79 Å². The minimum absolute atomic E-state index is 0.0383. The Labute approximate surface area is 219 Å². The third-order valence-corrected chi connectivity index (χ3v) is 7.17. The van der Waals surface area contributed by atoms with Crippen molar-refractivity contribution < 1.29 is 13.9 Å². The molecule has 1 fully saturated rings. The van der Waals surface area contributed by atoms with Crippen molar-refractivity contribution >= 4 is 28.1 Å². The number of carbonyl (C=O) groups is 1. The van der Waals surface area contributed by atoms with Gasteiger partial charge in [-0.25, -0.2) is 0 Å². The van der Waals surface area contributed by atoms with E-state index >= 15 is 0 Å². The van der Waals surface area contributed by atoms with Crippen LogP contribution in [0.2, 0.25) is 0 Å². The second-order valence-electron chi connectivity index (χ2n) is 9.68. The van der Waals surface area contributed by atoms with E-state index in [2.05, 4.69) is 66.4 Å². The highest BCUT2D eigenvalue weighted by Crippen LogP contribution is 2.40. The highest BCUT2D eigenvalue weighted by Gasteiger charge is 2.22. The Kier molecular flexibility index (Phi) is 7.04. The van der Waals surface area contributed by atoms with Gasteiger partial charge in [-0.3, -0.25) is 4.79 Å². The molecule has 0 N–H and O–H groups in total. The minimum atomic E-state index is 0.0383. The number of piperazine rings is 1. The van der Waals surface area contributed by atoms with Crippen LogP contribution in [0.25, 0.3) is 27.7 Å². The van der Waals surface area contributed by atoms with E-state index in [1.54, 1.807) is 6.08 Å². The molecule has 5 nitrogen and oxygen atoms in total. The van der Waals surface area contributed by atoms with Crippen LogP contribution >= 0.6 is 0 Å². The number of benzene rings is 3. The van der Waals surface area contributed by atoms with Gasteiger partial charge in [0.05, 0.1) is 12.9 Å². The normalized spacial score (nSPS) is 14.3. The molecule has 1 saturated heterocycles. The third-order valence-electron chi connectivity index (χ3n) is 7.17. The number of fused-ring (bicyclic) bond motifs is 1. The highest BCUT2D eigenvalue weighted by atomic mass is 16.5. The molecule has 1 aromatic heterocycles. The van der Waals surface area contributed by atoms with Crippen molar-refractivity contribution in [3.8, 4) is 16.9 Å². The van der Waals surface area contributed by atoms with Gasteiger partial charge >= 0.3 is 0 Å². The van der Waals surface area contributed by atoms with Gasteiger partial charge in [0.15, 0.2) is 0 Å². The summed E-state index contributed by atoms with van der Waals surface area (Å²) in [5.74, 6) is 0.812. The number of hydrogen-bond acceptors (Lipinski definition) is 4. The van der Waals surface area contributed by atoms with Crippen molar-refractivity contribution in [3.63, 3.8) is 0 Å². The summed E-state index contributed by atoms with van der Waals surface area (Å²) in [6.07, 6.45) is 3.57. The Morgan fingerprint density at radius 3 is 2.38 bits per heavy atom. The Morgan fingerprint density at radius 1 is 1.00 bits per heavy atom. The summed E-state index contributed by atoms with van der Waals surface area (Å²) >= 11 is 0. The lowest BCUT2D eigenvalue weighted by molar-refractivity contribution is -0.126. The predicted octanol–water partition coefficient (Wildman–Crippen LogP) is 6.87. The van der Waals surface area contributed by atoms with Crippen LogP contribution < -0.4 is 9.64 Å². The van der Waals surface area contributed by atoms with Gasteiger partial charge in [-0.05, 0) is 57.0 Å². The minimum Gasteiger partial charge on any atom is -0.493 e. The van der Waals surface area contributed by atoms with E-state index in [0.29, 0.717) is 19.7 Å². The van der Waals surface area contributed by atoms with Crippen molar-refractivity contribution in [2.24, 2.45) is 0 Å². The van der Waals surface area contributed by atoms with Gasteiger partial charge in [0, 0.05) is 60.0 Å². The number of para-hydroxylation sites is 1. The number of carbonyl (C=O) groups excluding carboxylic acids is 1. The Hall–Kier alpha value is -3.99. The Morgan fingerprint density at radius 2 is 1.70 bits per heavy atom. The molecule has 0 spiro atoms. The first-order chi connectivity index (χ1) is 18.0. The van der Waals surface area contributed by atoms with Crippen molar-refractivity contribution in [2.75, 3.05) is 37.7 Å². The van der Waals surface area contributed by atoms with Crippen LogP contribution in [-0.2, 0) is 4.79 Å². The number of amides is 1. The zero-order valence-electron chi connectivity index (χ0n) is 22.1. The molecule has 2 heterocycles. The zero-order chi connectivity index (χ0) is 25.9. The molecule has 5 heteroatoms. The van der Waals surface area contributed by atoms with E-state index in [-0.39, 0.29) is 5.91 Å².